The van der Waals surface area contributed by atoms with Gasteiger partial charge in [0.25, 0.3) is 10.0 Å². The van der Waals surface area contributed by atoms with Crippen LogP contribution in [0.2, 0.25) is 0 Å². The molecule has 0 amide bonds. The minimum absolute atomic E-state index is 0.0236. The third kappa shape index (κ3) is 3.50. The molecule has 0 fully saturated rings. The SMILES string of the molecule is COCCN(CCO)S(=O)(=O)c1cn(C)cn1. The Morgan fingerprint density at radius 1 is 1.53 bits per heavy atom. The topological polar surface area (TPSA) is 84.7 Å². The number of hydrogen-bond acceptors (Lipinski definition) is 5. The molecule has 1 N–H and O–H groups in total. The summed E-state index contributed by atoms with van der Waals surface area (Å²) in [6.45, 7) is 0.250. The Hall–Kier alpha value is -0.960. The molecule has 8 heteroatoms. The number of methoxy groups -OCH3 is 1. The van der Waals surface area contributed by atoms with Crippen LogP contribution in [-0.2, 0) is 21.8 Å². The van der Waals surface area contributed by atoms with Gasteiger partial charge in [-0.2, -0.15) is 4.31 Å². The van der Waals surface area contributed by atoms with Crippen LogP contribution in [0, 0.1) is 0 Å². The van der Waals surface area contributed by atoms with Crippen LogP contribution in [0.25, 0.3) is 0 Å². The van der Waals surface area contributed by atoms with E-state index in [1.165, 1.54) is 19.6 Å². The highest BCUT2D eigenvalue weighted by atomic mass is 32.2. The number of hydrogen-bond donors (Lipinski definition) is 1. The number of imidazole rings is 1. The summed E-state index contributed by atoms with van der Waals surface area (Å²) >= 11 is 0. The number of aryl methyl sites for hydroxylation is 1. The van der Waals surface area contributed by atoms with Gasteiger partial charge in [0.1, 0.15) is 0 Å². The molecule has 1 aromatic heterocycles. The van der Waals surface area contributed by atoms with E-state index >= 15 is 0 Å². The number of aromatic nitrogens is 2. The van der Waals surface area contributed by atoms with E-state index in [4.69, 9.17) is 9.84 Å². The first-order chi connectivity index (χ1) is 8.02. The molecule has 0 radical (unpaired) electrons. The lowest BCUT2D eigenvalue weighted by Gasteiger charge is -2.19. The second-order valence-electron chi connectivity index (χ2n) is 3.50. The van der Waals surface area contributed by atoms with Crippen molar-refractivity contribution in [2.75, 3.05) is 33.4 Å². The van der Waals surface area contributed by atoms with E-state index in [-0.39, 0.29) is 31.3 Å². The van der Waals surface area contributed by atoms with Gasteiger partial charge in [0.05, 0.1) is 19.5 Å². The zero-order valence-electron chi connectivity index (χ0n) is 9.90. The van der Waals surface area contributed by atoms with Crippen molar-refractivity contribution in [2.45, 2.75) is 5.03 Å². The third-order valence-electron chi connectivity index (χ3n) is 2.18. The maximum Gasteiger partial charge on any atom is 0.262 e. The molecule has 1 rings (SSSR count). The average Bonchev–Trinajstić information content (AvgIpc) is 2.71. The van der Waals surface area contributed by atoms with Crippen molar-refractivity contribution in [3.63, 3.8) is 0 Å². The minimum Gasteiger partial charge on any atom is -0.395 e. The molecule has 98 valence electrons. The highest BCUT2D eigenvalue weighted by molar-refractivity contribution is 7.89. The largest absolute Gasteiger partial charge is 0.395 e. The molecule has 0 aromatic carbocycles. The fourth-order valence-corrected chi connectivity index (χ4v) is 2.69. The van der Waals surface area contributed by atoms with Crippen LogP contribution >= 0.6 is 0 Å². The van der Waals surface area contributed by atoms with Gasteiger partial charge in [-0.1, -0.05) is 0 Å². The predicted octanol–water partition coefficient (Wildman–Crippen LogP) is -0.950. The molecule has 0 bridgehead atoms. The number of rotatable bonds is 7. The van der Waals surface area contributed by atoms with Gasteiger partial charge in [0, 0.05) is 33.4 Å². The Morgan fingerprint density at radius 2 is 2.24 bits per heavy atom. The standard InChI is InChI=1S/C9H17N3O4S/c1-11-7-9(10-8-11)17(14,15)12(3-5-13)4-6-16-2/h7-8,13H,3-6H2,1-2H3. The highest BCUT2D eigenvalue weighted by Crippen LogP contribution is 2.12. The molecular formula is C9H17N3O4S. The molecule has 0 aliphatic rings. The van der Waals surface area contributed by atoms with Gasteiger partial charge in [-0.05, 0) is 0 Å². The minimum atomic E-state index is -3.65. The van der Waals surface area contributed by atoms with E-state index in [2.05, 4.69) is 4.98 Å². The number of sulfonamides is 1. The summed E-state index contributed by atoms with van der Waals surface area (Å²) < 4.78 is 31.8. The molecular weight excluding hydrogens is 246 g/mol. The van der Waals surface area contributed by atoms with Crippen molar-refractivity contribution in [2.24, 2.45) is 7.05 Å². The molecule has 0 saturated heterocycles. The van der Waals surface area contributed by atoms with E-state index in [1.54, 1.807) is 11.6 Å². The highest BCUT2D eigenvalue weighted by Gasteiger charge is 2.25. The zero-order chi connectivity index (χ0) is 12.9. The molecule has 17 heavy (non-hydrogen) atoms. The van der Waals surface area contributed by atoms with Gasteiger partial charge in [0.2, 0.25) is 0 Å². The van der Waals surface area contributed by atoms with E-state index in [9.17, 15) is 8.42 Å². The Bertz CT molecular complexity index is 443. The van der Waals surface area contributed by atoms with Gasteiger partial charge in [-0.25, -0.2) is 13.4 Å². The second kappa shape index (κ2) is 6.10. The third-order valence-corrected chi connectivity index (χ3v) is 3.96. The lowest BCUT2D eigenvalue weighted by atomic mass is 10.6. The number of aliphatic hydroxyl groups is 1. The van der Waals surface area contributed by atoms with Crippen molar-refractivity contribution in [3.8, 4) is 0 Å². The summed E-state index contributed by atoms with van der Waals surface area (Å²) in [5, 5.41) is 8.86. The van der Waals surface area contributed by atoms with Crippen LogP contribution in [-0.4, -0.2) is 60.8 Å². The molecule has 0 aliphatic carbocycles. The molecule has 1 aromatic rings. The summed E-state index contributed by atoms with van der Waals surface area (Å²) in [7, 11) is -0.471. The van der Waals surface area contributed by atoms with Crippen LogP contribution in [0.1, 0.15) is 0 Å². The Morgan fingerprint density at radius 3 is 2.71 bits per heavy atom. The van der Waals surface area contributed by atoms with Crippen molar-refractivity contribution in [1.29, 1.82) is 0 Å². The van der Waals surface area contributed by atoms with E-state index in [0.717, 1.165) is 4.31 Å². The van der Waals surface area contributed by atoms with Gasteiger partial charge < -0.3 is 14.4 Å². The van der Waals surface area contributed by atoms with Crippen molar-refractivity contribution in [1.82, 2.24) is 13.9 Å². The summed E-state index contributed by atoms with van der Waals surface area (Å²) in [6, 6.07) is 0. The van der Waals surface area contributed by atoms with Crippen LogP contribution in [0.5, 0.6) is 0 Å². The number of aliphatic hydroxyl groups excluding tert-OH is 1. The molecule has 0 atom stereocenters. The Kier molecular flexibility index (Phi) is 5.06. The summed E-state index contributed by atoms with van der Waals surface area (Å²) in [5.74, 6) is 0. The van der Waals surface area contributed by atoms with Gasteiger partial charge >= 0.3 is 0 Å². The first-order valence-electron chi connectivity index (χ1n) is 5.10. The Labute approximate surface area is 101 Å². The molecule has 0 saturated carbocycles. The van der Waals surface area contributed by atoms with Gasteiger partial charge in [-0.15, -0.1) is 0 Å². The molecule has 0 unspecified atom stereocenters. The normalized spacial score (nSPS) is 12.2. The second-order valence-corrected chi connectivity index (χ2v) is 5.38. The lowest BCUT2D eigenvalue weighted by molar-refractivity contribution is 0.168. The monoisotopic (exact) mass is 263 g/mol. The zero-order valence-corrected chi connectivity index (χ0v) is 10.7. The molecule has 1 heterocycles. The summed E-state index contributed by atoms with van der Waals surface area (Å²) in [4.78, 5) is 3.81. The maximum absolute atomic E-state index is 12.1. The molecule has 0 spiro atoms. The number of ether oxygens (including phenoxy) is 1. The first-order valence-corrected chi connectivity index (χ1v) is 6.54. The van der Waals surface area contributed by atoms with Crippen molar-refractivity contribution < 1.29 is 18.3 Å². The average molecular weight is 263 g/mol. The fourth-order valence-electron chi connectivity index (χ4n) is 1.31. The first kappa shape index (κ1) is 14.1. The Balaban J connectivity index is 2.91. The van der Waals surface area contributed by atoms with E-state index in [0.29, 0.717) is 0 Å². The van der Waals surface area contributed by atoms with Crippen molar-refractivity contribution >= 4 is 10.0 Å². The smallest absolute Gasteiger partial charge is 0.262 e. The van der Waals surface area contributed by atoms with Crippen LogP contribution in [0.3, 0.4) is 0 Å². The van der Waals surface area contributed by atoms with Gasteiger partial charge in [-0.3, -0.25) is 0 Å². The van der Waals surface area contributed by atoms with E-state index < -0.39 is 10.0 Å². The molecule has 0 aliphatic heterocycles. The number of nitrogens with zero attached hydrogens (tertiary/aromatic N) is 3. The van der Waals surface area contributed by atoms with E-state index in [1.807, 2.05) is 0 Å². The fraction of sp³-hybridized carbons (Fsp3) is 0.667. The van der Waals surface area contributed by atoms with Crippen molar-refractivity contribution in [3.05, 3.63) is 12.5 Å². The molecule has 7 nitrogen and oxygen atoms in total. The van der Waals surface area contributed by atoms with Crippen LogP contribution in [0.4, 0.5) is 0 Å². The summed E-state index contributed by atoms with van der Waals surface area (Å²) in [5.41, 5.74) is 0. The maximum atomic E-state index is 12.1. The summed E-state index contributed by atoms with van der Waals surface area (Å²) in [6.07, 6.45) is 2.84. The lowest BCUT2D eigenvalue weighted by Crippen LogP contribution is -2.36. The van der Waals surface area contributed by atoms with Crippen LogP contribution < -0.4 is 0 Å². The van der Waals surface area contributed by atoms with Gasteiger partial charge in [0.15, 0.2) is 5.03 Å². The van der Waals surface area contributed by atoms with Crippen LogP contribution in [0.15, 0.2) is 17.6 Å². The predicted molar refractivity (Wildman–Crippen MR) is 60.9 cm³/mol. The quantitative estimate of drug-likeness (QED) is 0.685.